The van der Waals surface area contributed by atoms with Crippen LogP contribution in [0.1, 0.15) is 19.8 Å². The van der Waals surface area contributed by atoms with Gasteiger partial charge in [-0.2, -0.15) is 0 Å². The van der Waals surface area contributed by atoms with Gasteiger partial charge in [-0.05, 0) is 43.0 Å². The topological polar surface area (TPSA) is 63.2 Å². The number of anilines is 1. The number of amides is 1. The summed E-state index contributed by atoms with van der Waals surface area (Å²) in [5.41, 5.74) is 0.580. The van der Waals surface area contributed by atoms with Crippen molar-refractivity contribution in [3.8, 4) is 0 Å². The van der Waals surface area contributed by atoms with E-state index in [1.54, 1.807) is 0 Å². The predicted octanol–water partition coefficient (Wildman–Crippen LogP) is 2.60. The average molecular weight is 288 g/mol. The molecule has 1 atom stereocenters. The summed E-state index contributed by atoms with van der Waals surface area (Å²) in [7, 11) is 1.49. The van der Waals surface area contributed by atoms with Crippen molar-refractivity contribution in [2.45, 2.75) is 24.7 Å². The van der Waals surface area contributed by atoms with Crippen molar-refractivity contribution in [1.29, 1.82) is 0 Å². The molecule has 6 heteroatoms. The number of rotatable bonds is 4. The van der Waals surface area contributed by atoms with E-state index in [0.717, 1.165) is 12.8 Å². The summed E-state index contributed by atoms with van der Waals surface area (Å²) in [6.45, 7) is 1.91. The van der Waals surface area contributed by atoms with E-state index in [2.05, 4.69) is 5.32 Å². The molecule has 0 spiro atoms. The monoisotopic (exact) mass is 287 g/mol. The van der Waals surface area contributed by atoms with Crippen LogP contribution in [0.3, 0.4) is 0 Å². The largest absolute Gasteiger partial charge is 0.326 e. The van der Waals surface area contributed by atoms with E-state index in [4.69, 9.17) is 10.7 Å². The van der Waals surface area contributed by atoms with Gasteiger partial charge >= 0.3 is 0 Å². The fraction of sp³-hybridized carbons (Fsp3) is 0.417. The molecule has 1 amide bonds. The lowest BCUT2D eigenvalue weighted by atomic mass is 10.1. The van der Waals surface area contributed by atoms with Crippen LogP contribution in [0, 0.1) is 11.8 Å². The summed E-state index contributed by atoms with van der Waals surface area (Å²) >= 11 is 0. The minimum absolute atomic E-state index is 0.00133. The molecule has 1 fully saturated rings. The Morgan fingerprint density at radius 3 is 2.33 bits per heavy atom. The van der Waals surface area contributed by atoms with E-state index in [0.29, 0.717) is 11.6 Å². The van der Waals surface area contributed by atoms with Gasteiger partial charge in [0.2, 0.25) is 5.91 Å². The maximum absolute atomic E-state index is 11.8. The van der Waals surface area contributed by atoms with Crippen LogP contribution < -0.4 is 5.32 Å². The molecular formula is C12H14ClNO3S. The Morgan fingerprint density at radius 2 is 1.89 bits per heavy atom. The molecule has 1 saturated carbocycles. The number of carbonyl (C=O) groups excluding carboxylic acids is 1. The third-order valence-electron chi connectivity index (χ3n) is 3.15. The van der Waals surface area contributed by atoms with E-state index in [-0.39, 0.29) is 16.7 Å². The van der Waals surface area contributed by atoms with Crippen LogP contribution in [0.25, 0.3) is 0 Å². The molecule has 0 heterocycles. The summed E-state index contributed by atoms with van der Waals surface area (Å²) < 4.78 is 22.1. The van der Waals surface area contributed by atoms with Crippen molar-refractivity contribution in [2.75, 3.05) is 5.32 Å². The molecule has 0 radical (unpaired) electrons. The fourth-order valence-electron chi connectivity index (χ4n) is 1.77. The van der Waals surface area contributed by atoms with Gasteiger partial charge < -0.3 is 5.32 Å². The van der Waals surface area contributed by atoms with Crippen LogP contribution in [0.2, 0.25) is 0 Å². The second-order valence-electron chi connectivity index (χ2n) is 4.58. The summed E-state index contributed by atoms with van der Waals surface area (Å²) in [6, 6.07) is 5.82. The highest BCUT2D eigenvalue weighted by atomic mass is 35.7. The Hall–Kier alpha value is -1.07. The number of benzene rings is 1. The molecule has 0 saturated heterocycles. The molecule has 0 aromatic heterocycles. The van der Waals surface area contributed by atoms with Crippen molar-refractivity contribution in [3.05, 3.63) is 24.3 Å². The Kier molecular flexibility index (Phi) is 3.64. The van der Waals surface area contributed by atoms with Crippen LogP contribution in [-0.4, -0.2) is 14.3 Å². The summed E-state index contributed by atoms with van der Waals surface area (Å²) in [4.78, 5) is 11.8. The van der Waals surface area contributed by atoms with Crippen molar-refractivity contribution in [3.63, 3.8) is 0 Å². The zero-order valence-corrected chi connectivity index (χ0v) is 11.5. The normalized spacial score (nSPS) is 17.2. The van der Waals surface area contributed by atoms with Gasteiger partial charge in [0.15, 0.2) is 0 Å². The van der Waals surface area contributed by atoms with Crippen molar-refractivity contribution in [1.82, 2.24) is 0 Å². The minimum atomic E-state index is -3.71. The summed E-state index contributed by atoms with van der Waals surface area (Å²) in [6.07, 6.45) is 2.22. The molecule has 98 valence electrons. The second kappa shape index (κ2) is 4.90. The molecule has 1 N–H and O–H groups in total. The van der Waals surface area contributed by atoms with E-state index in [1.807, 2.05) is 6.92 Å². The third-order valence-corrected chi connectivity index (χ3v) is 4.52. The first kappa shape index (κ1) is 13.4. The van der Waals surface area contributed by atoms with Crippen molar-refractivity contribution >= 4 is 31.3 Å². The first-order chi connectivity index (χ1) is 8.38. The van der Waals surface area contributed by atoms with Gasteiger partial charge in [0.05, 0.1) is 4.90 Å². The van der Waals surface area contributed by atoms with Crippen LogP contribution in [0.4, 0.5) is 5.69 Å². The van der Waals surface area contributed by atoms with Crippen LogP contribution in [-0.2, 0) is 13.8 Å². The summed E-state index contributed by atoms with van der Waals surface area (Å²) in [5.74, 6) is 0.466. The lowest BCUT2D eigenvalue weighted by Crippen LogP contribution is -2.21. The molecular weight excluding hydrogens is 274 g/mol. The summed E-state index contributed by atoms with van der Waals surface area (Å²) in [5, 5.41) is 2.76. The van der Waals surface area contributed by atoms with E-state index >= 15 is 0 Å². The molecule has 1 unspecified atom stereocenters. The Balaban J connectivity index is 2.04. The fourth-order valence-corrected chi connectivity index (χ4v) is 2.54. The molecule has 1 aromatic rings. The highest BCUT2D eigenvalue weighted by Crippen LogP contribution is 2.37. The zero-order chi connectivity index (χ0) is 13.3. The second-order valence-corrected chi connectivity index (χ2v) is 7.14. The van der Waals surface area contributed by atoms with Gasteiger partial charge in [-0.3, -0.25) is 4.79 Å². The van der Waals surface area contributed by atoms with Crippen LogP contribution >= 0.6 is 10.7 Å². The highest BCUT2D eigenvalue weighted by Gasteiger charge is 2.32. The zero-order valence-electron chi connectivity index (χ0n) is 9.89. The van der Waals surface area contributed by atoms with E-state index in [1.165, 1.54) is 24.3 Å². The average Bonchev–Trinajstić information content (AvgIpc) is 3.11. The number of hydrogen-bond donors (Lipinski definition) is 1. The highest BCUT2D eigenvalue weighted by molar-refractivity contribution is 8.13. The standard InChI is InChI=1S/C12H14ClNO3S/c1-8(9-2-3-9)12(15)14-10-4-6-11(7-5-10)18(13,16)17/h4-9H,2-3H2,1H3,(H,14,15). The smallest absolute Gasteiger partial charge is 0.261 e. The number of carbonyl (C=O) groups is 1. The molecule has 0 bridgehead atoms. The Bertz CT molecular complexity index is 549. The van der Waals surface area contributed by atoms with Gasteiger partial charge in [-0.25, -0.2) is 8.42 Å². The maximum atomic E-state index is 11.8. The Labute approximate surface area is 111 Å². The van der Waals surface area contributed by atoms with E-state index < -0.39 is 9.05 Å². The molecule has 4 nitrogen and oxygen atoms in total. The molecule has 1 aliphatic carbocycles. The molecule has 1 aromatic carbocycles. The lowest BCUT2D eigenvalue weighted by molar-refractivity contribution is -0.119. The molecule has 2 rings (SSSR count). The minimum Gasteiger partial charge on any atom is -0.326 e. The van der Waals surface area contributed by atoms with Gasteiger partial charge in [-0.1, -0.05) is 6.92 Å². The first-order valence-corrected chi connectivity index (χ1v) is 8.04. The molecule has 1 aliphatic rings. The lowest BCUT2D eigenvalue weighted by Gasteiger charge is -2.11. The van der Waals surface area contributed by atoms with Crippen molar-refractivity contribution in [2.24, 2.45) is 11.8 Å². The van der Waals surface area contributed by atoms with E-state index in [9.17, 15) is 13.2 Å². The van der Waals surface area contributed by atoms with Crippen LogP contribution in [0.5, 0.6) is 0 Å². The quantitative estimate of drug-likeness (QED) is 0.866. The number of hydrogen-bond acceptors (Lipinski definition) is 3. The third kappa shape index (κ3) is 3.23. The first-order valence-electron chi connectivity index (χ1n) is 5.73. The van der Waals surface area contributed by atoms with Gasteiger partial charge in [0, 0.05) is 22.3 Å². The predicted molar refractivity (Wildman–Crippen MR) is 70.0 cm³/mol. The number of halogens is 1. The van der Waals surface area contributed by atoms with Gasteiger partial charge in [0.1, 0.15) is 0 Å². The molecule has 18 heavy (non-hydrogen) atoms. The SMILES string of the molecule is CC(C(=O)Nc1ccc(S(=O)(=O)Cl)cc1)C1CC1. The Morgan fingerprint density at radius 1 is 1.33 bits per heavy atom. The van der Waals surface area contributed by atoms with Gasteiger partial charge in [-0.15, -0.1) is 0 Å². The van der Waals surface area contributed by atoms with Gasteiger partial charge in [0.25, 0.3) is 9.05 Å². The van der Waals surface area contributed by atoms with Crippen LogP contribution in [0.15, 0.2) is 29.2 Å². The maximum Gasteiger partial charge on any atom is 0.261 e. The molecule has 0 aliphatic heterocycles. The van der Waals surface area contributed by atoms with Crippen molar-refractivity contribution < 1.29 is 13.2 Å². The number of nitrogens with one attached hydrogen (secondary N) is 1.